The van der Waals surface area contributed by atoms with Crippen molar-refractivity contribution in [1.82, 2.24) is 0 Å². The van der Waals surface area contributed by atoms with Crippen LogP contribution in [0.3, 0.4) is 0 Å². The van der Waals surface area contributed by atoms with E-state index in [1.165, 1.54) is 6.92 Å². The third-order valence-electron chi connectivity index (χ3n) is 3.51. The molecule has 1 amide bonds. The molecule has 0 atom stereocenters. The van der Waals surface area contributed by atoms with Crippen molar-refractivity contribution in [3.8, 4) is 5.75 Å². The van der Waals surface area contributed by atoms with Crippen LogP contribution in [0.1, 0.15) is 43.1 Å². The predicted molar refractivity (Wildman–Crippen MR) is 95.6 cm³/mol. The zero-order valence-corrected chi connectivity index (χ0v) is 14.3. The van der Waals surface area contributed by atoms with Gasteiger partial charge in [0.1, 0.15) is 5.75 Å². The second kappa shape index (κ2) is 8.29. The summed E-state index contributed by atoms with van der Waals surface area (Å²) in [5, 5.41) is 2.87. The van der Waals surface area contributed by atoms with Crippen LogP contribution in [0.4, 0.5) is 5.69 Å². The topological polar surface area (TPSA) is 55.4 Å². The summed E-state index contributed by atoms with van der Waals surface area (Å²) in [4.78, 5) is 23.8. The van der Waals surface area contributed by atoms with E-state index < -0.39 is 0 Å². The van der Waals surface area contributed by atoms with Crippen molar-refractivity contribution in [2.75, 3.05) is 5.32 Å². The molecule has 4 heteroatoms. The molecule has 2 aromatic rings. The maximum Gasteiger partial charge on any atom is 0.224 e. The highest BCUT2D eigenvalue weighted by molar-refractivity contribution is 5.98. The molecule has 0 spiro atoms. The Morgan fingerprint density at radius 2 is 1.79 bits per heavy atom. The summed E-state index contributed by atoms with van der Waals surface area (Å²) in [6, 6.07) is 15.0. The number of hydrogen-bond acceptors (Lipinski definition) is 3. The monoisotopic (exact) mass is 325 g/mol. The van der Waals surface area contributed by atoms with Gasteiger partial charge in [0.15, 0.2) is 5.78 Å². The Balaban J connectivity index is 2.09. The molecule has 2 rings (SSSR count). The summed E-state index contributed by atoms with van der Waals surface area (Å²) in [5.41, 5.74) is 2.20. The van der Waals surface area contributed by atoms with E-state index in [9.17, 15) is 9.59 Å². The van der Waals surface area contributed by atoms with Gasteiger partial charge in [0, 0.05) is 12.0 Å². The smallest absolute Gasteiger partial charge is 0.224 e. The van der Waals surface area contributed by atoms with Crippen LogP contribution in [0.2, 0.25) is 0 Å². The molecule has 0 aliphatic heterocycles. The summed E-state index contributed by atoms with van der Waals surface area (Å²) >= 11 is 0. The highest BCUT2D eigenvalue weighted by Crippen LogP contribution is 2.27. The normalized spacial score (nSPS) is 10.5. The molecule has 0 fully saturated rings. The SMILES string of the molecule is CC(=O)c1ccc(OC(C)C)c(NC(=O)CCc2ccccc2)c1. The van der Waals surface area contributed by atoms with Crippen molar-refractivity contribution in [3.63, 3.8) is 0 Å². The number of aryl methyl sites for hydroxylation is 1. The van der Waals surface area contributed by atoms with Crippen molar-refractivity contribution in [1.29, 1.82) is 0 Å². The molecule has 0 unspecified atom stereocenters. The first-order valence-corrected chi connectivity index (χ1v) is 8.11. The molecule has 0 saturated carbocycles. The number of hydrogen-bond donors (Lipinski definition) is 1. The summed E-state index contributed by atoms with van der Waals surface area (Å²) in [6.07, 6.45) is 1.02. The fraction of sp³-hybridized carbons (Fsp3) is 0.300. The van der Waals surface area contributed by atoms with Crippen LogP contribution in [0.25, 0.3) is 0 Å². The van der Waals surface area contributed by atoms with Gasteiger partial charge in [-0.05, 0) is 51.0 Å². The van der Waals surface area contributed by atoms with Crippen molar-refractivity contribution < 1.29 is 14.3 Å². The molecule has 0 saturated heterocycles. The van der Waals surface area contributed by atoms with E-state index in [0.29, 0.717) is 29.8 Å². The maximum atomic E-state index is 12.3. The molecule has 0 aliphatic rings. The van der Waals surface area contributed by atoms with E-state index in [2.05, 4.69) is 5.32 Å². The Labute approximate surface area is 142 Å². The van der Waals surface area contributed by atoms with Crippen molar-refractivity contribution >= 4 is 17.4 Å². The van der Waals surface area contributed by atoms with E-state index in [1.54, 1.807) is 18.2 Å². The van der Waals surface area contributed by atoms with E-state index in [-0.39, 0.29) is 17.8 Å². The molecule has 24 heavy (non-hydrogen) atoms. The average molecular weight is 325 g/mol. The number of ether oxygens (including phenoxy) is 1. The number of nitrogens with one attached hydrogen (secondary N) is 1. The number of carbonyl (C=O) groups is 2. The molecule has 4 nitrogen and oxygen atoms in total. The van der Waals surface area contributed by atoms with Gasteiger partial charge in [-0.2, -0.15) is 0 Å². The lowest BCUT2D eigenvalue weighted by Gasteiger charge is -2.16. The number of benzene rings is 2. The van der Waals surface area contributed by atoms with Crippen LogP contribution >= 0.6 is 0 Å². The van der Waals surface area contributed by atoms with Gasteiger partial charge in [-0.25, -0.2) is 0 Å². The first kappa shape index (κ1) is 17.7. The van der Waals surface area contributed by atoms with Crippen LogP contribution in [-0.4, -0.2) is 17.8 Å². The third-order valence-corrected chi connectivity index (χ3v) is 3.51. The molecule has 126 valence electrons. The maximum absolute atomic E-state index is 12.3. The minimum atomic E-state index is -0.104. The number of ketones is 1. The Kier molecular flexibility index (Phi) is 6.13. The fourth-order valence-corrected chi connectivity index (χ4v) is 2.32. The number of rotatable bonds is 7. The van der Waals surface area contributed by atoms with E-state index in [4.69, 9.17) is 4.74 Å². The lowest BCUT2D eigenvalue weighted by molar-refractivity contribution is -0.116. The van der Waals surface area contributed by atoms with E-state index in [1.807, 2.05) is 44.2 Å². The van der Waals surface area contributed by atoms with Crippen LogP contribution in [0, 0.1) is 0 Å². The minimum absolute atomic E-state index is 0.0202. The van der Waals surface area contributed by atoms with Crippen molar-refractivity contribution in [2.24, 2.45) is 0 Å². The fourth-order valence-electron chi connectivity index (χ4n) is 2.32. The molecule has 0 aliphatic carbocycles. The Hall–Kier alpha value is -2.62. The lowest BCUT2D eigenvalue weighted by Crippen LogP contribution is -2.15. The largest absolute Gasteiger partial charge is 0.489 e. The zero-order chi connectivity index (χ0) is 17.5. The van der Waals surface area contributed by atoms with Crippen LogP contribution < -0.4 is 10.1 Å². The van der Waals surface area contributed by atoms with Gasteiger partial charge in [0.05, 0.1) is 11.8 Å². The Bertz CT molecular complexity index is 708. The van der Waals surface area contributed by atoms with E-state index in [0.717, 1.165) is 5.56 Å². The van der Waals surface area contributed by atoms with Crippen LogP contribution in [0.15, 0.2) is 48.5 Å². The number of carbonyl (C=O) groups excluding carboxylic acids is 2. The first-order valence-electron chi connectivity index (χ1n) is 8.11. The highest BCUT2D eigenvalue weighted by Gasteiger charge is 2.12. The number of anilines is 1. The Morgan fingerprint density at radius 1 is 1.08 bits per heavy atom. The second-order valence-electron chi connectivity index (χ2n) is 5.97. The van der Waals surface area contributed by atoms with Gasteiger partial charge < -0.3 is 10.1 Å². The number of Topliss-reactive ketones (excluding diaryl/α,β-unsaturated/α-hetero) is 1. The van der Waals surface area contributed by atoms with Gasteiger partial charge in [0.2, 0.25) is 5.91 Å². The molecular formula is C20H23NO3. The summed E-state index contributed by atoms with van der Waals surface area (Å²) in [5.74, 6) is 0.419. The molecule has 0 aromatic heterocycles. The van der Waals surface area contributed by atoms with Gasteiger partial charge in [-0.15, -0.1) is 0 Å². The van der Waals surface area contributed by atoms with Crippen molar-refractivity contribution in [2.45, 2.75) is 39.7 Å². The van der Waals surface area contributed by atoms with Gasteiger partial charge in [-0.1, -0.05) is 30.3 Å². The molecule has 0 heterocycles. The Morgan fingerprint density at radius 3 is 2.42 bits per heavy atom. The minimum Gasteiger partial charge on any atom is -0.489 e. The predicted octanol–water partition coefficient (Wildman–Crippen LogP) is 4.25. The molecule has 0 radical (unpaired) electrons. The quantitative estimate of drug-likeness (QED) is 0.774. The standard InChI is InChI=1S/C20H23NO3/c1-14(2)24-19-11-10-17(15(3)22)13-18(19)21-20(23)12-9-16-7-5-4-6-8-16/h4-8,10-11,13-14H,9,12H2,1-3H3,(H,21,23). The highest BCUT2D eigenvalue weighted by atomic mass is 16.5. The van der Waals surface area contributed by atoms with Crippen LogP contribution in [0.5, 0.6) is 5.75 Å². The van der Waals surface area contributed by atoms with Gasteiger partial charge in [0.25, 0.3) is 0 Å². The van der Waals surface area contributed by atoms with E-state index >= 15 is 0 Å². The van der Waals surface area contributed by atoms with Crippen molar-refractivity contribution in [3.05, 3.63) is 59.7 Å². The lowest BCUT2D eigenvalue weighted by atomic mass is 10.1. The average Bonchev–Trinajstić information content (AvgIpc) is 2.55. The molecule has 2 aromatic carbocycles. The number of amides is 1. The van der Waals surface area contributed by atoms with Gasteiger partial charge >= 0.3 is 0 Å². The second-order valence-corrected chi connectivity index (χ2v) is 5.97. The molecule has 0 bridgehead atoms. The summed E-state index contributed by atoms with van der Waals surface area (Å²) < 4.78 is 5.72. The van der Waals surface area contributed by atoms with Gasteiger partial charge in [-0.3, -0.25) is 9.59 Å². The first-order chi connectivity index (χ1) is 11.5. The zero-order valence-electron chi connectivity index (χ0n) is 14.3. The molecular weight excluding hydrogens is 302 g/mol. The molecule has 1 N–H and O–H groups in total. The summed E-state index contributed by atoms with van der Waals surface area (Å²) in [6.45, 7) is 5.33. The van der Waals surface area contributed by atoms with Crippen LogP contribution in [-0.2, 0) is 11.2 Å². The third kappa shape index (κ3) is 5.23. The summed E-state index contributed by atoms with van der Waals surface area (Å²) in [7, 11) is 0.